The number of ether oxygens (including phenoxy) is 2. The minimum absolute atomic E-state index is 0.0754. The van der Waals surface area contributed by atoms with Crippen LogP contribution in [0, 0.1) is 11.3 Å². The molecule has 0 unspecified atom stereocenters. The summed E-state index contributed by atoms with van der Waals surface area (Å²) >= 11 is 6.23. The molecule has 48 heavy (non-hydrogen) atoms. The molecule has 0 saturated heterocycles. The van der Waals surface area contributed by atoms with Crippen molar-refractivity contribution >= 4 is 46.8 Å². The Hall–Kier alpha value is -5.59. The van der Waals surface area contributed by atoms with E-state index in [0.717, 1.165) is 0 Å². The first-order chi connectivity index (χ1) is 23.3. The van der Waals surface area contributed by atoms with Crippen molar-refractivity contribution in [2.45, 2.75) is 44.7 Å². The predicted molar refractivity (Wildman–Crippen MR) is 176 cm³/mol. The van der Waals surface area contributed by atoms with Gasteiger partial charge >= 0.3 is 6.09 Å². The number of aromatic nitrogens is 6. The van der Waals surface area contributed by atoms with Crippen LogP contribution in [0.2, 0.25) is 5.02 Å². The Morgan fingerprint density at radius 3 is 2.77 bits per heavy atom. The van der Waals surface area contributed by atoms with E-state index in [-0.39, 0.29) is 18.1 Å². The van der Waals surface area contributed by atoms with Gasteiger partial charge in [-0.05, 0) is 72.7 Å². The maximum Gasteiger partial charge on any atom is 0.411 e. The molecule has 4 N–H and O–H groups in total. The number of H-pyrrole nitrogens is 1. The number of Topliss-reactive ketones (excluding diaryl/α,β-unsaturated/α-hetero) is 1. The van der Waals surface area contributed by atoms with Gasteiger partial charge in [-0.2, -0.15) is 9.94 Å². The van der Waals surface area contributed by atoms with Crippen molar-refractivity contribution in [3.63, 3.8) is 0 Å². The van der Waals surface area contributed by atoms with E-state index < -0.39 is 24.1 Å². The number of anilines is 2. The normalized spacial score (nSPS) is 16.0. The summed E-state index contributed by atoms with van der Waals surface area (Å²) in [6.07, 6.45) is 5.96. The van der Waals surface area contributed by atoms with Crippen LogP contribution in [0.25, 0.3) is 23.0 Å². The number of halogens is 1. The highest BCUT2D eigenvalue weighted by Gasteiger charge is 2.26. The Labute approximate surface area is 280 Å². The molecule has 1 aliphatic rings. The van der Waals surface area contributed by atoms with Crippen molar-refractivity contribution in [3.05, 3.63) is 70.9 Å². The summed E-state index contributed by atoms with van der Waals surface area (Å²) < 4.78 is 11.6. The Balaban J connectivity index is 1.48. The Bertz CT molecular complexity index is 1850. The molecule has 0 aliphatic carbocycles. The number of imidazole rings is 1. The lowest BCUT2D eigenvalue weighted by Gasteiger charge is -2.23. The third-order valence-corrected chi connectivity index (χ3v) is 7.83. The zero-order valence-electron chi connectivity index (χ0n) is 26.2. The van der Waals surface area contributed by atoms with Crippen molar-refractivity contribution in [1.82, 2.24) is 35.5 Å². The molecule has 2 bridgehead atoms. The minimum atomic E-state index is -0.664. The number of rotatable bonds is 9. The molecule has 4 aromatic rings. The van der Waals surface area contributed by atoms with Gasteiger partial charge in [0.05, 0.1) is 30.6 Å². The van der Waals surface area contributed by atoms with E-state index in [9.17, 15) is 19.6 Å². The summed E-state index contributed by atoms with van der Waals surface area (Å²) in [5.41, 5.74) is 3.15. The van der Waals surface area contributed by atoms with E-state index in [1.165, 1.54) is 24.2 Å². The lowest BCUT2D eigenvalue weighted by atomic mass is 9.99. The number of nitrogens with one attached hydrogen (secondary N) is 4. The van der Waals surface area contributed by atoms with Gasteiger partial charge in [-0.3, -0.25) is 14.9 Å². The molecule has 3 heterocycles. The van der Waals surface area contributed by atoms with Gasteiger partial charge in [0.2, 0.25) is 5.91 Å². The summed E-state index contributed by atoms with van der Waals surface area (Å²) in [5.74, 6) is -0.154. The second-order valence-corrected chi connectivity index (χ2v) is 11.2. The zero-order valence-corrected chi connectivity index (χ0v) is 27.0. The molecule has 16 heteroatoms. The maximum absolute atomic E-state index is 13.3. The average molecular weight is 673 g/mol. The monoisotopic (exact) mass is 672 g/mol. The molecule has 1 aliphatic heterocycles. The van der Waals surface area contributed by atoms with E-state index >= 15 is 0 Å². The van der Waals surface area contributed by atoms with Crippen molar-refractivity contribution in [3.8, 4) is 23.0 Å². The summed E-state index contributed by atoms with van der Waals surface area (Å²) in [6, 6.07) is 11.0. The Morgan fingerprint density at radius 2 is 2.02 bits per heavy atom. The molecule has 0 radical (unpaired) electrons. The first-order valence-electron chi connectivity index (χ1n) is 15.2. The minimum Gasteiger partial charge on any atom is -0.453 e. The number of nitriles is 1. The smallest absolute Gasteiger partial charge is 0.411 e. The van der Waals surface area contributed by atoms with Crippen LogP contribution in [0.5, 0.6) is 0 Å². The highest BCUT2D eigenvalue weighted by molar-refractivity contribution is 6.30. The number of amides is 2. The summed E-state index contributed by atoms with van der Waals surface area (Å²) in [6.45, 7) is 2.12. The van der Waals surface area contributed by atoms with Crippen LogP contribution >= 0.6 is 11.6 Å². The number of carbonyl (C=O) groups excluding carboxylic acids is 3. The van der Waals surface area contributed by atoms with E-state index in [1.807, 2.05) is 6.92 Å². The van der Waals surface area contributed by atoms with Crippen LogP contribution in [0.1, 0.15) is 55.7 Å². The lowest BCUT2D eigenvalue weighted by molar-refractivity contribution is -0.124. The maximum atomic E-state index is 13.3. The lowest BCUT2D eigenvalue weighted by Crippen LogP contribution is -2.33. The largest absolute Gasteiger partial charge is 0.453 e. The molecule has 5 rings (SSSR count). The van der Waals surface area contributed by atoms with Crippen molar-refractivity contribution in [1.29, 1.82) is 5.26 Å². The Kier molecular flexibility index (Phi) is 11.1. The fraction of sp³-hybridized carbons (Fsp3) is 0.312. The SMILES string of the molecule is CCOCC(=O)[C@H]1CCCC[C@H](NC(=O)/C=C/c2cc(Cl)ccc2-n2cnnn2)c2nc(C#N)c([nH]2)-c2ccc(NC(=O)OC)cc2N1. The molecule has 15 nitrogen and oxygen atoms in total. The van der Waals surface area contributed by atoms with E-state index in [1.54, 1.807) is 42.5 Å². The zero-order chi connectivity index (χ0) is 34.0. The number of benzene rings is 2. The summed E-state index contributed by atoms with van der Waals surface area (Å²) in [7, 11) is 1.26. The molecular formula is C32H33ClN10O5. The third-order valence-electron chi connectivity index (χ3n) is 7.60. The first kappa shape index (κ1) is 33.8. The number of methoxy groups -OCH3 is 1. The number of tetrazole rings is 1. The van der Waals surface area contributed by atoms with Crippen LogP contribution < -0.4 is 16.0 Å². The number of carbonyl (C=O) groups is 3. The summed E-state index contributed by atoms with van der Waals surface area (Å²) in [4.78, 5) is 46.3. The number of hydrogen-bond acceptors (Lipinski definition) is 11. The fourth-order valence-electron chi connectivity index (χ4n) is 5.26. The number of nitrogens with zero attached hydrogens (tertiary/aromatic N) is 6. The van der Waals surface area contributed by atoms with E-state index in [0.29, 0.717) is 77.0 Å². The fourth-order valence-corrected chi connectivity index (χ4v) is 5.44. The molecule has 2 aromatic carbocycles. The molecule has 2 amide bonds. The van der Waals surface area contributed by atoms with Gasteiger partial charge in [0.25, 0.3) is 0 Å². The van der Waals surface area contributed by atoms with Crippen molar-refractivity contribution in [2.75, 3.05) is 31.0 Å². The number of ketones is 1. The van der Waals surface area contributed by atoms with Gasteiger partial charge in [0, 0.05) is 40.2 Å². The van der Waals surface area contributed by atoms with Gasteiger partial charge in [-0.1, -0.05) is 24.4 Å². The van der Waals surface area contributed by atoms with Crippen LogP contribution in [0.4, 0.5) is 16.2 Å². The van der Waals surface area contributed by atoms with Gasteiger partial charge < -0.3 is 25.1 Å². The topological polar surface area (TPSA) is 202 Å². The van der Waals surface area contributed by atoms with E-state index in [4.69, 9.17) is 21.1 Å². The molecule has 0 fully saturated rings. The molecule has 2 aromatic heterocycles. The number of hydrogen-bond donors (Lipinski definition) is 4. The molecular weight excluding hydrogens is 640 g/mol. The van der Waals surface area contributed by atoms with Crippen LogP contribution in [0.15, 0.2) is 48.8 Å². The van der Waals surface area contributed by atoms with Gasteiger partial charge in [-0.25, -0.2) is 9.78 Å². The highest BCUT2D eigenvalue weighted by Crippen LogP contribution is 2.35. The number of aromatic amines is 1. The van der Waals surface area contributed by atoms with Crippen LogP contribution in [0.3, 0.4) is 0 Å². The predicted octanol–water partition coefficient (Wildman–Crippen LogP) is 4.59. The molecule has 0 spiro atoms. The van der Waals surface area contributed by atoms with Crippen LogP contribution in [-0.2, 0) is 19.1 Å². The van der Waals surface area contributed by atoms with Crippen molar-refractivity contribution < 1.29 is 23.9 Å². The third kappa shape index (κ3) is 8.21. The molecule has 248 valence electrons. The quantitative estimate of drug-likeness (QED) is 0.181. The average Bonchev–Trinajstić information content (AvgIpc) is 3.77. The van der Waals surface area contributed by atoms with E-state index in [2.05, 4.69) is 47.5 Å². The highest BCUT2D eigenvalue weighted by atomic mass is 35.5. The van der Waals surface area contributed by atoms with Gasteiger partial charge in [-0.15, -0.1) is 5.10 Å². The van der Waals surface area contributed by atoms with Crippen molar-refractivity contribution in [2.24, 2.45) is 0 Å². The standard InChI is InChI=1S/C32H33ClN10O5/c1-3-48-17-28(44)23-6-4-5-7-24(38-29(45)13-8-19-14-20(33)9-12-27(19)43-18-35-41-42-43)31-39-26(16-34)30(40-31)22-11-10-21(15-25(22)37-23)36-32(46)47-2/h8-15,18,23-24,37H,3-7,17H2,1-2H3,(H,36,46)(H,38,45)(H,39,40)/b13-8+/t23-,24+/m1/s1. The molecule has 2 atom stereocenters. The van der Waals surface area contributed by atoms with Gasteiger partial charge in [0.1, 0.15) is 24.8 Å². The van der Waals surface area contributed by atoms with Crippen LogP contribution in [-0.4, -0.2) is 74.3 Å². The number of fused-ring (bicyclic) bond motifs is 4. The second kappa shape index (κ2) is 15.8. The summed E-state index contributed by atoms with van der Waals surface area (Å²) in [5, 5.41) is 30.8. The molecule has 0 saturated carbocycles. The first-order valence-corrected chi connectivity index (χ1v) is 15.5. The Morgan fingerprint density at radius 1 is 1.19 bits per heavy atom. The second-order valence-electron chi connectivity index (χ2n) is 10.8. The van der Waals surface area contributed by atoms with Gasteiger partial charge in [0.15, 0.2) is 11.5 Å².